The largest absolute Gasteiger partial charge is 0.330 e. The number of hydrogen-bond acceptors (Lipinski definition) is 4. The number of nitrogens with two attached hydrogens (primary N) is 1. The zero-order valence-electron chi connectivity index (χ0n) is 11.2. The zero-order valence-corrected chi connectivity index (χ0v) is 12.8. The Morgan fingerprint density at radius 1 is 1.24 bits per heavy atom. The van der Waals surface area contributed by atoms with Crippen LogP contribution in [0.15, 0.2) is 0 Å². The molecule has 0 aliphatic carbocycles. The smallest absolute Gasteiger partial charge is 0.211 e. The summed E-state index contributed by atoms with van der Waals surface area (Å²) in [5.74, 6) is 0.183. The van der Waals surface area contributed by atoms with Crippen LogP contribution in [0.25, 0.3) is 0 Å². The molecule has 0 bridgehead atoms. The van der Waals surface area contributed by atoms with E-state index < -0.39 is 10.0 Å². The van der Waals surface area contributed by atoms with Crippen LogP contribution in [0.4, 0.5) is 0 Å². The summed E-state index contributed by atoms with van der Waals surface area (Å²) in [6.07, 6.45) is 5.37. The summed E-state index contributed by atoms with van der Waals surface area (Å²) >= 11 is 1.74. The Hall–Kier alpha value is 0.220. The van der Waals surface area contributed by atoms with Gasteiger partial charge in [-0.3, -0.25) is 0 Å². The first-order valence-corrected chi connectivity index (χ1v) is 9.05. The molecule has 6 heteroatoms. The molecule has 0 aliphatic rings. The highest BCUT2D eigenvalue weighted by Crippen LogP contribution is 2.29. The Bertz CT molecular complexity index is 280. The lowest BCUT2D eigenvalue weighted by atomic mass is 10.0. The van der Waals surface area contributed by atoms with E-state index in [0.717, 1.165) is 19.3 Å². The minimum absolute atomic E-state index is 0.0287. The molecule has 4 nitrogen and oxygen atoms in total. The van der Waals surface area contributed by atoms with E-state index in [-0.39, 0.29) is 10.5 Å². The Kier molecular flexibility index (Phi) is 8.45. The second-order valence-corrected chi connectivity index (χ2v) is 7.43. The van der Waals surface area contributed by atoms with Crippen LogP contribution in [0.5, 0.6) is 0 Å². The van der Waals surface area contributed by atoms with Gasteiger partial charge in [-0.25, -0.2) is 13.1 Å². The third kappa shape index (κ3) is 6.64. The van der Waals surface area contributed by atoms with Crippen molar-refractivity contribution in [2.45, 2.75) is 44.3 Å². The van der Waals surface area contributed by atoms with Gasteiger partial charge >= 0.3 is 0 Å². The third-order valence-corrected chi connectivity index (χ3v) is 6.20. The minimum atomic E-state index is -3.14. The summed E-state index contributed by atoms with van der Waals surface area (Å²) in [5, 5.41) is 0. The monoisotopic (exact) mass is 282 g/mol. The minimum Gasteiger partial charge on any atom is -0.330 e. The Morgan fingerprint density at radius 2 is 1.82 bits per heavy atom. The lowest BCUT2D eigenvalue weighted by molar-refractivity contribution is 0.521. The topological polar surface area (TPSA) is 72.2 Å². The third-order valence-electron chi connectivity index (χ3n) is 3.20. The molecule has 0 saturated heterocycles. The quantitative estimate of drug-likeness (QED) is 0.597. The van der Waals surface area contributed by atoms with Crippen LogP contribution in [0.1, 0.15) is 39.5 Å². The normalized spacial score (nSPS) is 12.9. The van der Waals surface area contributed by atoms with Gasteiger partial charge < -0.3 is 5.73 Å². The van der Waals surface area contributed by atoms with Crippen molar-refractivity contribution >= 4 is 21.8 Å². The molecule has 0 amide bonds. The standard InChI is InChI=1S/C11H26N2O2S2/c1-4-11(5-2,16-3)10-13-17(14,15)9-7-6-8-12/h13H,4-10,12H2,1-3H3. The fourth-order valence-electron chi connectivity index (χ4n) is 1.61. The van der Waals surface area contributed by atoms with E-state index in [1.807, 2.05) is 6.26 Å². The lowest BCUT2D eigenvalue weighted by Crippen LogP contribution is -2.40. The molecular formula is C11H26N2O2S2. The van der Waals surface area contributed by atoms with Crippen molar-refractivity contribution in [2.24, 2.45) is 5.73 Å². The molecule has 0 radical (unpaired) electrons. The molecule has 0 heterocycles. The van der Waals surface area contributed by atoms with Gasteiger partial charge in [0.1, 0.15) is 0 Å². The molecule has 0 aromatic carbocycles. The van der Waals surface area contributed by atoms with Gasteiger partial charge in [0, 0.05) is 11.3 Å². The number of thioether (sulfide) groups is 1. The molecule has 0 fully saturated rings. The van der Waals surface area contributed by atoms with E-state index in [9.17, 15) is 8.42 Å². The second kappa shape index (κ2) is 8.34. The van der Waals surface area contributed by atoms with Crippen molar-refractivity contribution in [3.8, 4) is 0 Å². The first kappa shape index (κ1) is 17.2. The van der Waals surface area contributed by atoms with Gasteiger partial charge in [-0.2, -0.15) is 11.8 Å². The average molecular weight is 282 g/mol. The molecule has 0 saturated carbocycles. The number of hydrogen-bond donors (Lipinski definition) is 2. The van der Waals surface area contributed by atoms with Crippen LogP contribution in [0.3, 0.4) is 0 Å². The van der Waals surface area contributed by atoms with Gasteiger partial charge in [0.05, 0.1) is 5.75 Å². The second-order valence-electron chi connectivity index (χ2n) is 4.23. The van der Waals surface area contributed by atoms with E-state index in [0.29, 0.717) is 19.5 Å². The van der Waals surface area contributed by atoms with Crippen molar-refractivity contribution in [3.63, 3.8) is 0 Å². The number of sulfonamides is 1. The highest BCUT2D eigenvalue weighted by molar-refractivity contribution is 8.00. The molecule has 0 atom stereocenters. The summed E-state index contributed by atoms with van der Waals surface area (Å²) < 4.78 is 26.2. The maximum atomic E-state index is 11.7. The van der Waals surface area contributed by atoms with Crippen LogP contribution in [-0.4, -0.2) is 38.3 Å². The van der Waals surface area contributed by atoms with E-state index in [4.69, 9.17) is 5.73 Å². The highest BCUT2D eigenvalue weighted by Gasteiger charge is 2.26. The first-order chi connectivity index (χ1) is 7.95. The van der Waals surface area contributed by atoms with Gasteiger partial charge in [-0.15, -0.1) is 0 Å². The van der Waals surface area contributed by atoms with Crippen LogP contribution in [0.2, 0.25) is 0 Å². The summed E-state index contributed by atoms with van der Waals surface area (Å²) in [5.41, 5.74) is 5.35. The van der Waals surface area contributed by atoms with E-state index >= 15 is 0 Å². The van der Waals surface area contributed by atoms with Crippen molar-refractivity contribution in [1.29, 1.82) is 0 Å². The molecule has 0 aliphatic heterocycles. The number of nitrogens with one attached hydrogen (secondary N) is 1. The van der Waals surface area contributed by atoms with Crippen LogP contribution in [-0.2, 0) is 10.0 Å². The SMILES string of the molecule is CCC(CC)(CNS(=O)(=O)CCCCN)SC. The predicted molar refractivity (Wildman–Crippen MR) is 76.9 cm³/mol. The molecule has 3 N–H and O–H groups in total. The maximum absolute atomic E-state index is 11.7. The van der Waals surface area contributed by atoms with E-state index in [1.54, 1.807) is 11.8 Å². The Balaban J connectivity index is 4.24. The van der Waals surface area contributed by atoms with Gasteiger partial charge in [0.15, 0.2) is 0 Å². The fraction of sp³-hybridized carbons (Fsp3) is 1.00. The Labute approximate surface area is 110 Å². The predicted octanol–water partition coefficient (Wildman–Crippen LogP) is 1.57. The molecule has 0 unspecified atom stereocenters. The highest BCUT2D eigenvalue weighted by atomic mass is 32.2. The van der Waals surface area contributed by atoms with Gasteiger partial charge in [0.2, 0.25) is 10.0 Å². The summed E-state index contributed by atoms with van der Waals surface area (Å²) in [6.45, 7) is 5.27. The van der Waals surface area contributed by atoms with Crippen molar-refractivity contribution in [2.75, 3.05) is 25.1 Å². The van der Waals surface area contributed by atoms with Gasteiger partial charge in [0.25, 0.3) is 0 Å². The number of rotatable bonds is 10. The van der Waals surface area contributed by atoms with Crippen LogP contribution < -0.4 is 10.5 Å². The molecule has 17 heavy (non-hydrogen) atoms. The average Bonchev–Trinajstić information content (AvgIpc) is 2.32. The van der Waals surface area contributed by atoms with E-state index in [1.165, 1.54) is 0 Å². The van der Waals surface area contributed by atoms with Crippen LogP contribution >= 0.6 is 11.8 Å². The zero-order chi connectivity index (χ0) is 13.4. The van der Waals surface area contributed by atoms with Crippen molar-refractivity contribution in [3.05, 3.63) is 0 Å². The molecule has 0 spiro atoms. The van der Waals surface area contributed by atoms with E-state index in [2.05, 4.69) is 18.6 Å². The summed E-state index contributed by atoms with van der Waals surface area (Å²) in [7, 11) is -3.14. The number of unbranched alkanes of at least 4 members (excludes halogenated alkanes) is 1. The fourth-order valence-corrected chi connectivity index (χ4v) is 3.72. The summed E-state index contributed by atoms with van der Waals surface area (Å²) in [4.78, 5) is 0. The Morgan fingerprint density at radius 3 is 2.24 bits per heavy atom. The molecule has 0 aromatic rings. The molecular weight excluding hydrogens is 256 g/mol. The van der Waals surface area contributed by atoms with Gasteiger partial charge in [-0.1, -0.05) is 13.8 Å². The molecule has 0 aromatic heterocycles. The molecule has 104 valence electrons. The summed E-state index contributed by atoms with van der Waals surface area (Å²) in [6, 6.07) is 0. The lowest BCUT2D eigenvalue weighted by Gasteiger charge is -2.29. The first-order valence-electron chi connectivity index (χ1n) is 6.18. The maximum Gasteiger partial charge on any atom is 0.211 e. The molecule has 0 rings (SSSR count). The van der Waals surface area contributed by atoms with Crippen molar-refractivity contribution < 1.29 is 8.42 Å². The van der Waals surface area contributed by atoms with Crippen molar-refractivity contribution in [1.82, 2.24) is 4.72 Å². The van der Waals surface area contributed by atoms with Crippen LogP contribution in [0, 0.1) is 0 Å². The van der Waals surface area contributed by atoms with Gasteiger partial charge in [-0.05, 0) is 38.5 Å².